The minimum atomic E-state index is -1.16. The molecular weight excluding hydrogens is 618 g/mol. The summed E-state index contributed by atoms with van der Waals surface area (Å²) in [6.45, 7) is 3.78. The molecule has 12 heteroatoms. The third-order valence-electron chi connectivity index (χ3n) is 9.92. The Morgan fingerprint density at radius 2 is 1.64 bits per heavy atom. The van der Waals surface area contributed by atoms with E-state index in [0.29, 0.717) is 42.4 Å². The Balaban J connectivity index is 1.86. The minimum absolute atomic E-state index is 0.0216. The van der Waals surface area contributed by atoms with Crippen LogP contribution in [0.4, 0.5) is 5.13 Å². The van der Waals surface area contributed by atoms with Crippen LogP contribution in [0, 0.1) is 17.8 Å². The molecule has 6 N–H and O–H groups in total. The van der Waals surface area contributed by atoms with Crippen molar-refractivity contribution in [3.05, 3.63) is 11.1 Å². The summed E-state index contributed by atoms with van der Waals surface area (Å²) in [6, 6.07) is -0.681. The molecule has 3 rings (SSSR count). The maximum Gasteiger partial charge on any atom is 0.241 e. The second-order valence-corrected chi connectivity index (χ2v) is 15.7. The first-order valence-corrected chi connectivity index (χ1v) is 18.7. The zero-order valence-electron chi connectivity index (χ0n) is 29.2. The number of carbonyl (C=O) groups excluding carboxylic acids is 3. The van der Waals surface area contributed by atoms with E-state index in [-0.39, 0.29) is 37.8 Å². The van der Waals surface area contributed by atoms with E-state index < -0.39 is 41.6 Å². The molecule has 2 aliphatic carbocycles. The van der Waals surface area contributed by atoms with Crippen LogP contribution in [0.3, 0.4) is 0 Å². The highest BCUT2D eigenvalue weighted by Gasteiger charge is 2.37. The van der Waals surface area contributed by atoms with Gasteiger partial charge in [-0.1, -0.05) is 78.1 Å². The highest BCUT2D eigenvalue weighted by atomic mass is 32.1. The van der Waals surface area contributed by atoms with Crippen LogP contribution >= 0.6 is 11.3 Å². The summed E-state index contributed by atoms with van der Waals surface area (Å²) >= 11 is 1.26. The van der Waals surface area contributed by atoms with E-state index in [1.807, 2.05) is 13.8 Å². The highest BCUT2D eigenvalue weighted by molar-refractivity contribution is 7.13. The van der Waals surface area contributed by atoms with Gasteiger partial charge in [-0.2, -0.15) is 0 Å². The molecule has 2 saturated carbocycles. The molecule has 1 aromatic rings. The van der Waals surface area contributed by atoms with Crippen LogP contribution in [0.1, 0.15) is 116 Å². The number of aliphatic hydroxyl groups excluding tert-OH is 2. The van der Waals surface area contributed by atoms with Crippen molar-refractivity contribution in [2.45, 2.75) is 140 Å². The summed E-state index contributed by atoms with van der Waals surface area (Å²) in [5.74, 6) is -1.46. The molecule has 0 saturated heterocycles. The molecular formula is C35H61N5O6S. The van der Waals surface area contributed by atoms with Gasteiger partial charge in [0.05, 0.1) is 35.9 Å². The average Bonchev–Trinajstić information content (AvgIpc) is 3.42. The highest BCUT2D eigenvalue weighted by Crippen LogP contribution is 2.30. The maximum atomic E-state index is 14.1. The van der Waals surface area contributed by atoms with E-state index in [2.05, 4.69) is 10.3 Å². The van der Waals surface area contributed by atoms with E-state index in [1.165, 1.54) is 27.6 Å². The number of nitrogens with zero attached hydrogens (tertiary/aromatic N) is 3. The van der Waals surface area contributed by atoms with Gasteiger partial charge in [-0.3, -0.25) is 14.4 Å². The molecule has 0 aromatic carbocycles. The van der Waals surface area contributed by atoms with E-state index in [0.717, 1.165) is 57.8 Å². The third kappa shape index (κ3) is 13.3. The van der Waals surface area contributed by atoms with Crippen molar-refractivity contribution in [2.24, 2.45) is 17.8 Å². The van der Waals surface area contributed by atoms with Gasteiger partial charge in [-0.25, -0.2) is 4.98 Å². The molecule has 1 aromatic heterocycles. The number of rotatable bonds is 16. The fourth-order valence-electron chi connectivity index (χ4n) is 7.14. The molecule has 0 radical (unpaired) electrons. The van der Waals surface area contributed by atoms with Crippen LogP contribution in [-0.4, -0.2) is 98.9 Å². The van der Waals surface area contributed by atoms with Crippen LogP contribution < -0.4 is 11.1 Å². The molecule has 0 spiro atoms. The lowest BCUT2D eigenvalue weighted by atomic mass is 9.82. The normalized spacial score (nSPS) is 20.0. The van der Waals surface area contributed by atoms with Crippen molar-refractivity contribution >= 4 is 34.2 Å². The zero-order chi connectivity index (χ0) is 34.6. The number of anilines is 1. The Bertz CT molecular complexity index is 1120. The number of hydrogen-bond acceptors (Lipinski definition) is 9. The van der Waals surface area contributed by atoms with Crippen molar-refractivity contribution < 1.29 is 29.7 Å². The van der Waals surface area contributed by atoms with Crippen LogP contribution in [0.5, 0.6) is 0 Å². The molecule has 0 unspecified atom stereocenters. The first kappa shape index (κ1) is 39.2. The van der Waals surface area contributed by atoms with Gasteiger partial charge in [-0.05, 0) is 37.5 Å². The lowest BCUT2D eigenvalue weighted by Gasteiger charge is -2.36. The van der Waals surface area contributed by atoms with Gasteiger partial charge in [0.2, 0.25) is 17.7 Å². The third-order valence-corrected chi connectivity index (χ3v) is 10.6. The lowest BCUT2D eigenvalue weighted by Crippen LogP contribution is -2.53. The van der Waals surface area contributed by atoms with Crippen molar-refractivity contribution in [1.82, 2.24) is 20.1 Å². The van der Waals surface area contributed by atoms with Crippen molar-refractivity contribution in [2.75, 3.05) is 32.9 Å². The summed E-state index contributed by atoms with van der Waals surface area (Å²) in [7, 11) is 3.26. The Hall–Kier alpha value is -2.28. The summed E-state index contributed by atoms with van der Waals surface area (Å²) < 4.78 is 0. The van der Waals surface area contributed by atoms with Crippen LogP contribution in [0.2, 0.25) is 0 Å². The van der Waals surface area contributed by atoms with E-state index in [1.54, 1.807) is 19.5 Å². The van der Waals surface area contributed by atoms with E-state index in [9.17, 15) is 29.7 Å². The number of aliphatic hydroxyl groups is 3. The summed E-state index contributed by atoms with van der Waals surface area (Å²) in [6.07, 6.45) is 10.1. The lowest BCUT2D eigenvalue weighted by molar-refractivity contribution is -0.145. The monoisotopic (exact) mass is 679 g/mol. The van der Waals surface area contributed by atoms with Gasteiger partial charge in [0, 0.05) is 38.9 Å². The second kappa shape index (κ2) is 19.0. The summed E-state index contributed by atoms with van der Waals surface area (Å²) in [5, 5.41) is 39.0. The first-order chi connectivity index (χ1) is 22.3. The Kier molecular flexibility index (Phi) is 15.9. The Morgan fingerprint density at radius 3 is 2.21 bits per heavy atom. The predicted octanol–water partition coefficient (Wildman–Crippen LogP) is 3.89. The van der Waals surface area contributed by atoms with Crippen molar-refractivity contribution in [3.63, 3.8) is 0 Å². The maximum absolute atomic E-state index is 14.1. The smallest absolute Gasteiger partial charge is 0.241 e. The molecule has 0 aliphatic heterocycles. The van der Waals surface area contributed by atoms with Gasteiger partial charge in [0.1, 0.15) is 6.10 Å². The first-order valence-electron chi connectivity index (χ1n) is 17.8. The molecule has 268 valence electrons. The largest absolute Gasteiger partial charge is 0.390 e. The van der Waals surface area contributed by atoms with Crippen molar-refractivity contribution in [3.8, 4) is 0 Å². The number of hydrogen-bond donors (Lipinski definition) is 5. The zero-order valence-corrected chi connectivity index (χ0v) is 30.0. The summed E-state index contributed by atoms with van der Waals surface area (Å²) in [4.78, 5) is 48.3. The number of aromatic nitrogens is 1. The molecule has 2 aliphatic rings. The SMILES string of the molecule is CC(C)C[C@H](O)[C@H](O)[C@H](CC1CCCCC1)NC(=O)[C@@H](CC(=O)N(CC(=O)N(C)C)CC1(O)CCCCCCC1)Cc1csc(N)n1. The van der Waals surface area contributed by atoms with Crippen LogP contribution in [0.25, 0.3) is 0 Å². The average molecular weight is 680 g/mol. The van der Waals surface area contributed by atoms with Gasteiger partial charge < -0.3 is 36.2 Å². The van der Waals surface area contributed by atoms with Gasteiger partial charge in [0.15, 0.2) is 5.13 Å². The predicted molar refractivity (Wildman–Crippen MR) is 185 cm³/mol. The Labute approximate surface area is 285 Å². The number of nitrogens with one attached hydrogen (secondary N) is 1. The van der Waals surface area contributed by atoms with Gasteiger partial charge >= 0.3 is 0 Å². The van der Waals surface area contributed by atoms with Gasteiger partial charge in [0.25, 0.3) is 0 Å². The number of nitrogen functional groups attached to an aromatic ring is 1. The molecule has 1 heterocycles. The van der Waals surface area contributed by atoms with Crippen molar-refractivity contribution in [1.29, 1.82) is 0 Å². The van der Waals surface area contributed by atoms with Crippen LogP contribution in [0.15, 0.2) is 5.38 Å². The number of amides is 3. The molecule has 11 nitrogen and oxygen atoms in total. The number of nitrogens with two attached hydrogens (primary N) is 1. The number of carbonyl (C=O) groups is 3. The molecule has 2 fully saturated rings. The molecule has 3 amide bonds. The second-order valence-electron chi connectivity index (χ2n) is 14.9. The van der Waals surface area contributed by atoms with Gasteiger partial charge in [-0.15, -0.1) is 11.3 Å². The fourth-order valence-corrected chi connectivity index (χ4v) is 7.71. The molecule has 0 bridgehead atoms. The van der Waals surface area contributed by atoms with Crippen LogP contribution in [-0.2, 0) is 20.8 Å². The Morgan fingerprint density at radius 1 is 1.02 bits per heavy atom. The molecule has 47 heavy (non-hydrogen) atoms. The standard InChI is InChI=1S/C35H61N5O6S/c1-24(2)17-29(41)32(44)28(18-25-13-9-8-10-14-25)38-33(45)26(19-27-22-47-34(36)37-27)20-30(42)40(21-31(43)39(3)4)23-35(46)15-11-6-5-7-12-16-35/h22,24-26,28-29,32,41,44,46H,5-21,23H2,1-4H3,(H2,36,37)(H,38,45)/t26-,28+,29+,32-/m1/s1. The topological polar surface area (TPSA) is 169 Å². The van der Waals surface area contributed by atoms with E-state index in [4.69, 9.17) is 5.73 Å². The number of likely N-dealkylation sites (N-methyl/N-ethyl adjacent to an activating group) is 1. The number of thiazole rings is 1. The molecule has 4 atom stereocenters. The quantitative estimate of drug-likeness (QED) is 0.175. The van der Waals surface area contributed by atoms with E-state index >= 15 is 0 Å². The fraction of sp³-hybridized carbons (Fsp3) is 0.829. The minimum Gasteiger partial charge on any atom is -0.390 e. The summed E-state index contributed by atoms with van der Waals surface area (Å²) in [5.41, 5.74) is 5.38.